The van der Waals surface area contributed by atoms with Crippen LogP contribution in [0.3, 0.4) is 0 Å². The van der Waals surface area contributed by atoms with Crippen molar-refractivity contribution in [2.24, 2.45) is 0 Å². The highest BCUT2D eigenvalue weighted by Crippen LogP contribution is 2.36. The minimum absolute atomic E-state index is 0.237. The average molecular weight is 471 g/mol. The molecule has 0 bridgehead atoms. The van der Waals surface area contributed by atoms with Crippen LogP contribution < -0.4 is 18.9 Å². The fraction of sp³-hybridized carbons (Fsp3) is 0.208. The minimum atomic E-state index is 0.237. The molecule has 0 spiro atoms. The maximum Gasteiger partial charge on any atom is 0.165 e. The third-order valence-electron chi connectivity index (χ3n) is 4.47. The van der Waals surface area contributed by atoms with E-state index in [1.165, 1.54) is 0 Å². The summed E-state index contributed by atoms with van der Waals surface area (Å²) in [4.78, 5) is 11.1. The van der Waals surface area contributed by atoms with E-state index in [-0.39, 0.29) is 6.42 Å². The standard InChI is InChI=1S/C24H23BrO5/c1-27-22-12-18(8-9-21(22)29-15-17-6-4-3-5-7-17)16-30-24-19(10-11-26)13-20(25)14-23(24)28-2/h3-9,11-14H,10,15-16H2,1-2H3. The third kappa shape index (κ3) is 5.54. The summed E-state index contributed by atoms with van der Waals surface area (Å²) in [6.45, 7) is 0.747. The van der Waals surface area contributed by atoms with Crippen LogP contribution in [0.1, 0.15) is 16.7 Å². The molecule has 3 aromatic rings. The molecule has 0 heterocycles. The van der Waals surface area contributed by atoms with Gasteiger partial charge in [-0.25, -0.2) is 0 Å². The van der Waals surface area contributed by atoms with Crippen LogP contribution in [0.25, 0.3) is 0 Å². The minimum Gasteiger partial charge on any atom is -0.493 e. The molecule has 0 aliphatic rings. The second-order valence-corrected chi connectivity index (χ2v) is 7.43. The Hall–Kier alpha value is -2.99. The molecule has 0 atom stereocenters. The molecule has 0 radical (unpaired) electrons. The molecular weight excluding hydrogens is 448 g/mol. The van der Waals surface area contributed by atoms with Gasteiger partial charge < -0.3 is 23.7 Å². The van der Waals surface area contributed by atoms with Gasteiger partial charge in [0.05, 0.1) is 14.2 Å². The largest absolute Gasteiger partial charge is 0.493 e. The van der Waals surface area contributed by atoms with Crippen molar-refractivity contribution in [1.82, 2.24) is 0 Å². The summed E-state index contributed by atoms with van der Waals surface area (Å²) in [5.74, 6) is 2.41. The average Bonchev–Trinajstić information content (AvgIpc) is 2.77. The lowest BCUT2D eigenvalue weighted by Gasteiger charge is -2.16. The van der Waals surface area contributed by atoms with Gasteiger partial charge in [-0.15, -0.1) is 0 Å². The second kappa shape index (κ2) is 10.7. The quantitative estimate of drug-likeness (QED) is 0.373. The monoisotopic (exact) mass is 470 g/mol. The van der Waals surface area contributed by atoms with Crippen molar-refractivity contribution < 1.29 is 23.7 Å². The Bertz CT molecular complexity index is 988. The first-order valence-corrected chi connectivity index (χ1v) is 10.2. The van der Waals surface area contributed by atoms with Crippen LogP contribution in [0.2, 0.25) is 0 Å². The molecule has 5 nitrogen and oxygen atoms in total. The Kier molecular flexibility index (Phi) is 7.74. The van der Waals surface area contributed by atoms with Gasteiger partial charge in [0.25, 0.3) is 0 Å². The number of carbonyl (C=O) groups excluding carboxylic acids is 1. The van der Waals surface area contributed by atoms with E-state index in [9.17, 15) is 4.79 Å². The predicted octanol–water partition coefficient (Wildman–Crippen LogP) is 5.37. The first-order valence-electron chi connectivity index (χ1n) is 9.41. The first kappa shape index (κ1) is 21.7. The van der Waals surface area contributed by atoms with Gasteiger partial charge in [-0.3, -0.25) is 0 Å². The Labute approximate surface area is 184 Å². The van der Waals surface area contributed by atoms with E-state index in [0.29, 0.717) is 36.2 Å². The Morgan fingerprint density at radius 1 is 0.800 bits per heavy atom. The first-order chi connectivity index (χ1) is 14.6. The molecule has 3 aromatic carbocycles. The summed E-state index contributed by atoms with van der Waals surface area (Å²) >= 11 is 3.43. The summed E-state index contributed by atoms with van der Waals surface area (Å²) in [6.07, 6.45) is 1.08. The number of methoxy groups -OCH3 is 2. The lowest BCUT2D eigenvalue weighted by atomic mass is 10.1. The molecule has 0 saturated heterocycles. The van der Waals surface area contributed by atoms with Crippen molar-refractivity contribution in [2.45, 2.75) is 19.6 Å². The number of benzene rings is 3. The van der Waals surface area contributed by atoms with Gasteiger partial charge in [-0.05, 0) is 35.4 Å². The smallest absolute Gasteiger partial charge is 0.165 e. The fourth-order valence-electron chi connectivity index (χ4n) is 2.99. The van der Waals surface area contributed by atoms with Gasteiger partial charge in [-0.2, -0.15) is 0 Å². The highest BCUT2D eigenvalue weighted by atomic mass is 79.9. The summed E-state index contributed by atoms with van der Waals surface area (Å²) in [6, 6.07) is 19.3. The molecule has 0 aromatic heterocycles. The number of carbonyl (C=O) groups is 1. The maximum atomic E-state index is 11.1. The van der Waals surface area contributed by atoms with Crippen molar-refractivity contribution in [1.29, 1.82) is 0 Å². The van der Waals surface area contributed by atoms with Gasteiger partial charge in [-0.1, -0.05) is 52.3 Å². The van der Waals surface area contributed by atoms with Gasteiger partial charge in [0.1, 0.15) is 19.5 Å². The van der Waals surface area contributed by atoms with Crippen molar-refractivity contribution in [3.05, 3.63) is 81.8 Å². The molecule has 156 valence electrons. The van der Waals surface area contributed by atoms with Crippen LogP contribution in [-0.2, 0) is 24.4 Å². The zero-order chi connectivity index (χ0) is 21.3. The van der Waals surface area contributed by atoms with E-state index in [1.807, 2.05) is 60.7 Å². The van der Waals surface area contributed by atoms with Crippen molar-refractivity contribution in [2.75, 3.05) is 14.2 Å². The Morgan fingerprint density at radius 3 is 2.23 bits per heavy atom. The highest BCUT2D eigenvalue weighted by Gasteiger charge is 2.14. The zero-order valence-electron chi connectivity index (χ0n) is 16.9. The second-order valence-electron chi connectivity index (χ2n) is 6.52. The fourth-order valence-corrected chi connectivity index (χ4v) is 3.48. The van der Waals surface area contributed by atoms with Crippen LogP contribution in [0.4, 0.5) is 0 Å². The molecular formula is C24H23BrO5. The highest BCUT2D eigenvalue weighted by molar-refractivity contribution is 9.10. The number of rotatable bonds is 10. The van der Waals surface area contributed by atoms with Gasteiger partial charge >= 0.3 is 0 Å². The van der Waals surface area contributed by atoms with Gasteiger partial charge in [0, 0.05) is 16.5 Å². The normalized spacial score (nSPS) is 10.4. The van der Waals surface area contributed by atoms with Crippen LogP contribution >= 0.6 is 15.9 Å². The molecule has 0 N–H and O–H groups in total. The van der Waals surface area contributed by atoms with Crippen LogP contribution in [0.5, 0.6) is 23.0 Å². The molecule has 0 unspecified atom stereocenters. The molecule has 0 fully saturated rings. The number of halogens is 1. The number of hydrogen-bond acceptors (Lipinski definition) is 5. The van der Waals surface area contributed by atoms with E-state index >= 15 is 0 Å². The number of aldehydes is 1. The lowest BCUT2D eigenvalue weighted by molar-refractivity contribution is -0.107. The topological polar surface area (TPSA) is 54.0 Å². The number of hydrogen-bond donors (Lipinski definition) is 0. The van der Waals surface area contributed by atoms with Crippen molar-refractivity contribution in [3.63, 3.8) is 0 Å². The SMILES string of the molecule is COc1cc(COc2c(CC=O)cc(Br)cc2OC)ccc1OCc1ccccc1. The number of ether oxygens (including phenoxy) is 4. The summed E-state index contributed by atoms with van der Waals surface area (Å²) < 4.78 is 23.7. The van der Waals surface area contributed by atoms with Crippen molar-refractivity contribution in [3.8, 4) is 23.0 Å². The molecule has 3 rings (SSSR count). The summed E-state index contributed by atoms with van der Waals surface area (Å²) in [5, 5.41) is 0. The lowest BCUT2D eigenvalue weighted by Crippen LogP contribution is -2.03. The molecule has 0 saturated carbocycles. The van der Waals surface area contributed by atoms with Crippen LogP contribution in [0, 0.1) is 0 Å². The predicted molar refractivity (Wildman–Crippen MR) is 119 cm³/mol. The maximum absolute atomic E-state index is 11.1. The van der Waals surface area contributed by atoms with E-state index in [1.54, 1.807) is 14.2 Å². The third-order valence-corrected chi connectivity index (χ3v) is 4.93. The van der Waals surface area contributed by atoms with E-state index in [4.69, 9.17) is 18.9 Å². The molecule has 30 heavy (non-hydrogen) atoms. The molecule has 0 aliphatic heterocycles. The van der Waals surface area contributed by atoms with Crippen LogP contribution in [-0.4, -0.2) is 20.5 Å². The molecule has 6 heteroatoms. The summed E-state index contributed by atoms with van der Waals surface area (Å²) in [5.41, 5.74) is 2.74. The van der Waals surface area contributed by atoms with E-state index in [0.717, 1.165) is 27.4 Å². The molecule has 0 amide bonds. The molecule has 0 aliphatic carbocycles. The Balaban J connectivity index is 1.74. The van der Waals surface area contributed by atoms with Gasteiger partial charge in [0.2, 0.25) is 0 Å². The van der Waals surface area contributed by atoms with E-state index in [2.05, 4.69) is 15.9 Å². The zero-order valence-corrected chi connectivity index (χ0v) is 18.5. The van der Waals surface area contributed by atoms with Crippen molar-refractivity contribution >= 4 is 22.2 Å². The summed E-state index contributed by atoms with van der Waals surface area (Å²) in [7, 11) is 3.18. The Morgan fingerprint density at radius 2 is 1.53 bits per heavy atom. The van der Waals surface area contributed by atoms with Gasteiger partial charge in [0.15, 0.2) is 23.0 Å². The van der Waals surface area contributed by atoms with Crippen LogP contribution in [0.15, 0.2) is 65.1 Å². The van der Waals surface area contributed by atoms with E-state index < -0.39 is 0 Å².